The first-order valence-electron chi connectivity index (χ1n) is 10.5. The van der Waals surface area contributed by atoms with Crippen LogP contribution in [0.1, 0.15) is 49.0 Å². The summed E-state index contributed by atoms with van der Waals surface area (Å²) in [5, 5.41) is 2.94. The molecule has 0 spiro atoms. The predicted molar refractivity (Wildman–Crippen MR) is 102 cm³/mol. The maximum Gasteiger partial charge on any atom is 0.273 e. The van der Waals surface area contributed by atoms with Gasteiger partial charge < -0.3 is 19.4 Å². The summed E-state index contributed by atoms with van der Waals surface area (Å²) in [7, 11) is 0. The Bertz CT molecular complexity index is 655. The molecule has 2 aliphatic heterocycles. The third-order valence-corrected chi connectivity index (χ3v) is 6.08. The zero-order valence-corrected chi connectivity index (χ0v) is 16.3. The van der Waals surface area contributed by atoms with Crippen molar-refractivity contribution in [3.05, 3.63) is 18.4 Å². The first-order valence-corrected chi connectivity index (χ1v) is 10.5. The topological polar surface area (TPSA) is 87.9 Å². The number of rotatable bonds is 7. The summed E-state index contributed by atoms with van der Waals surface area (Å²) >= 11 is 0. The Morgan fingerprint density at radius 1 is 1.18 bits per heavy atom. The number of amides is 2. The second kappa shape index (κ2) is 9.05. The Labute approximate surface area is 165 Å². The van der Waals surface area contributed by atoms with Crippen molar-refractivity contribution in [2.75, 3.05) is 39.4 Å². The van der Waals surface area contributed by atoms with E-state index in [4.69, 9.17) is 9.15 Å². The van der Waals surface area contributed by atoms with Crippen molar-refractivity contribution in [3.63, 3.8) is 0 Å². The molecule has 2 saturated heterocycles. The number of ether oxygens (including phenoxy) is 1. The SMILES string of the molecule is O=C(NCCN(C1CCOCC1)C1CCCN(C(=O)C2CC2)C1)c1cocn1. The molecule has 1 atom stereocenters. The van der Waals surface area contributed by atoms with E-state index in [-0.39, 0.29) is 11.8 Å². The van der Waals surface area contributed by atoms with Crippen molar-refractivity contribution in [3.8, 4) is 0 Å². The Morgan fingerprint density at radius 3 is 2.71 bits per heavy atom. The lowest BCUT2D eigenvalue weighted by molar-refractivity contribution is -0.135. The summed E-state index contributed by atoms with van der Waals surface area (Å²) in [4.78, 5) is 33.2. The van der Waals surface area contributed by atoms with E-state index in [2.05, 4.69) is 20.1 Å². The van der Waals surface area contributed by atoms with E-state index in [1.807, 2.05) is 0 Å². The van der Waals surface area contributed by atoms with E-state index < -0.39 is 0 Å². The molecule has 0 aromatic carbocycles. The molecule has 4 rings (SSSR count). The van der Waals surface area contributed by atoms with Crippen molar-refractivity contribution in [1.29, 1.82) is 0 Å². The fourth-order valence-corrected chi connectivity index (χ4v) is 4.41. The number of nitrogens with zero attached hydrogens (tertiary/aromatic N) is 3. The summed E-state index contributed by atoms with van der Waals surface area (Å²) < 4.78 is 10.4. The van der Waals surface area contributed by atoms with Gasteiger partial charge in [0.05, 0.1) is 0 Å². The van der Waals surface area contributed by atoms with Crippen LogP contribution in [-0.4, -0.2) is 78.1 Å². The van der Waals surface area contributed by atoms with E-state index in [0.29, 0.717) is 30.2 Å². The van der Waals surface area contributed by atoms with Crippen LogP contribution in [0.2, 0.25) is 0 Å². The van der Waals surface area contributed by atoms with Crippen LogP contribution in [0, 0.1) is 5.92 Å². The molecular formula is C20H30N4O4. The third kappa shape index (κ3) is 4.72. The van der Waals surface area contributed by atoms with Gasteiger partial charge in [-0.2, -0.15) is 0 Å². The van der Waals surface area contributed by atoms with Crippen LogP contribution in [0.4, 0.5) is 0 Å². The molecule has 1 aromatic rings. The average molecular weight is 390 g/mol. The third-order valence-electron chi connectivity index (χ3n) is 6.08. The van der Waals surface area contributed by atoms with Crippen molar-refractivity contribution in [1.82, 2.24) is 20.1 Å². The van der Waals surface area contributed by atoms with Crippen LogP contribution in [-0.2, 0) is 9.53 Å². The summed E-state index contributed by atoms with van der Waals surface area (Å²) in [6.45, 7) is 4.58. The molecule has 8 nitrogen and oxygen atoms in total. The molecule has 3 aliphatic rings. The van der Waals surface area contributed by atoms with Gasteiger partial charge in [0, 0.05) is 57.4 Å². The Hall–Kier alpha value is -1.93. The number of piperidine rings is 1. The molecular weight excluding hydrogens is 360 g/mol. The fourth-order valence-electron chi connectivity index (χ4n) is 4.41. The van der Waals surface area contributed by atoms with E-state index >= 15 is 0 Å². The van der Waals surface area contributed by atoms with Gasteiger partial charge in [0.15, 0.2) is 12.1 Å². The van der Waals surface area contributed by atoms with Crippen molar-refractivity contribution in [2.45, 2.75) is 50.6 Å². The average Bonchev–Trinajstić information content (AvgIpc) is 3.44. The number of aromatic nitrogens is 1. The highest BCUT2D eigenvalue weighted by Crippen LogP contribution is 2.32. The van der Waals surface area contributed by atoms with Crippen molar-refractivity contribution < 1.29 is 18.7 Å². The smallest absolute Gasteiger partial charge is 0.273 e. The van der Waals surface area contributed by atoms with Gasteiger partial charge in [-0.25, -0.2) is 4.98 Å². The van der Waals surface area contributed by atoms with E-state index in [1.165, 1.54) is 12.7 Å². The van der Waals surface area contributed by atoms with Gasteiger partial charge in [-0.05, 0) is 38.5 Å². The zero-order chi connectivity index (χ0) is 19.3. The summed E-state index contributed by atoms with van der Waals surface area (Å²) in [6, 6.07) is 0.794. The molecule has 1 unspecified atom stereocenters. The lowest BCUT2D eigenvalue weighted by Crippen LogP contribution is -2.55. The second-order valence-electron chi connectivity index (χ2n) is 8.07. The molecule has 2 amide bonds. The lowest BCUT2D eigenvalue weighted by Gasteiger charge is -2.44. The molecule has 3 heterocycles. The normalized spacial score (nSPS) is 23.8. The van der Waals surface area contributed by atoms with Crippen molar-refractivity contribution in [2.24, 2.45) is 5.92 Å². The van der Waals surface area contributed by atoms with Crippen LogP contribution >= 0.6 is 0 Å². The molecule has 0 radical (unpaired) electrons. The highest BCUT2D eigenvalue weighted by Gasteiger charge is 2.37. The van der Waals surface area contributed by atoms with Gasteiger partial charge >= 0.3 is 0 Å². The van der Waals surface area contributed by atoms with Gasteiger partial charge in [-0.3, -0.25) is 14.5 Å². The zero-order valence-electron chi connectivity index (χ0n) is 16.3. The first kappa shape index (κ1) is 19.4. The summed E-state index contributed by atoms with van der Waals surface area (Å²) in [5.41, 5.74) is 0.302. The summed E-state index contributed by atoms with van der Waals surface area (Å²) in [6.07, 6.45) is 8.88. The quantitative estimate of drug-likeness (QED) is 0.755. The minimum Gasteiger partial charge on any atom is -0.451 e. The number of carbonyl (C=O) groups excluding carboxylic acids is 2. The van der Waals surface area contributed by atoms with Crippen LogP contribution in [0.3, 0.4) is 0 Å². The molecule has 1 aromatic heterocycles. The minimum absolute atomic E-state index is 0.213. The molecule has 0 bridgehead atoms. The molecule has 28 heavy (non-hydrogen) atoms. The Morgan fingerprint density at radius 2 is 2.00 bits per heavy atom. The van der Waals surface area contributed by atoms with E-state index in [9.17, 15) is 9.59 Å². The number of hydrogen-bond acceptors (Lipinski definition) is 6. The van der Waals surface area contributed by atoms with Crippen LogP contribution in [0.25, 0.3) is 0 Å². The molecule has 1 aliphatic carbocycles. The van der Waals surface area contributed by atoms with E-state index in [1.54, 1.807) is 0 Å². The predicted octanol–water partition coefficient (Wildman–Crippen LogP) is 1.29. The van der Waals surface area contributed by atoms with Crippen LogP contribution in [0.5, 0.6) is 0 Å². The molecule has 1 saturated carbocycles. The number of oxazole rings is 1. The lowest BCUT2D eigenvalue weighted by atomic mass is 9.98. The first-order chi connectivity index (χ1) is 13.7. The van der Waals surface area contributed by atoms with E-state index in [0.717, 1.165) is 71.4 Å². The highest BCUT2D eigenvalue weighted by atomic mass is 16.5. The Kier molecular flexibility index (Phi) is 6.26. The minimum atomic E-state index is -0.213. The fraction of sp³-hybridized carbons (Fsp3) is 0.750. The number of likely N-dealkylation sites (tertiary alicyclic amines) is 1. The standard InChI is InChI=1S/C20H30N4O4/c25-19(18-13-28-14-22-18)21-7-9-24(16-5-10-27-11-6-16)17-2-1-8-23(12-17)20(26)15-3-4-15/h13-17H,1-12H2,(H,21,25). The molecule has 1 N–H and O–H groups in total. The maximum atomic E-state index is 12.6. The maximum absolute atomic E-state index is 12.6. The largest absolute Gasteiger partial charge is 0.451 e. The van der Waals surface area contributed by atoms with Gasteiger partial charge in [0.2, 0.25) is 5.91 Å². The second-order valence-corrected chi connectivity index (χ2v) is 8.07. The molecule has 8 heteroatoms. The Balaban J connectivity index is 1.36. The monoisotopic (exact) mass is 390 g/mol. The van der Waals surface area contributed by atoms with Crippen LogP contribution < -0.4 is 5.32 Å². The van der Waals surface area contributed by atoms with Gasteiger partial charge in [-0.15, -0.1) is 0 Å². The van der Waals surface area contributed by atoms with Gasteiger partial charge in [-0.1, -0.05) is 0 Å². The number of carbonyl (C=O) groups is 2. The van der Waals surface area contributed by atoms with Crippen LogP contribution in [0.15, 0.2) is 17.1 Å². The number of nitrogens with one attached hydrogen (secondary N) is 1. The van der Waals surface area contributed by atoms with Gasteiger partial charge in [0.25, 0.3) is 5.91 Å². The summed E-state index contributed by atoms with van der Waals surface area (Å²) in [5.74, 6) is 0.405. The van der Waals surface area contributed by atoms with Gasteiger partial charge in [0.1, 0.15) is 6.26 Å². The highest BCUT2D eigenvalue weighted by molar-refractivity contribution is 5.91. The molecule has 154 valence electrons. The number of hydrogen-bond donors (Lipinski definition) is 1. The molecule has 3 fully saturated rings. The van der Waals surface area contributed by atoms with Crippen molar-refractivity contribution >= 4 is 11.8 Å².